The Labute approximate surface area is 115 Å². The van der Waals surface area contributed by atoms with E-state index in [1.807, 2.05) is 32.0 Å². The topological polar surface area (TPSA) is 64.9 Å². The van der Waals surface area contributed by atoms with Crippen LogP contribution in [0.5, 0.6) is 0 Å². The minimum absolute atomic E-state index is 0.262. The van der Waals surface area contributed by atoms with Crippen LogP contribution >= 0.6 is 23.4 Å². The van der Waals surface area contributed by atoms with Gasteiger partial charge < -0.3 is 10.3 Å². The molecular weight excluding hydrogens is 270 g/mol. The number of halogens is 1. The monoisotopic (exact) mass is 283 g/mol. The fraction of sp³-hybridized carbons (Fsp3) is 0.333. The van der Waals surface area contributed by atoms with Gasteiger partial charge in [-0.1, -0.05) is 36.7 Å². The van der Waals surface area contributed by atoms with Crippen molar-refractivity contribution in [2.75, 3.05) is 5.73 Å². The quantitative estimate of drug-likeness (QED) is 0.684. The predicted octanol–water partition coefficient (Wildman–Crippen LogP) is 3.72. The van der Waals surface area contributed by atoms with Gasteiger partial charge in [-0.15, -0.1) is 11.8 Å². The number of aromatic nitrogens is 2. The van der Waals surface area contributed by atoms with Crippen molar-refractivity contribution in [3.05, 3.63) is 34.9 Å². The minimum Gasteiger partial charge on any atom is -0.398 e. The Morgan fingerprint density at radius 2 is 2.22 bits per heavy atom. The third-order valence-electron chi connectivity index (χ3n) is 2.34. The highest BCUT2D eigenvalue weighted by Gasteiger charge is 2.11. The van der Waals surface area contributed by atoms with Crippen LogP contribution in [0.3, 0.4) is 0 Å². The summed E-state index contributed by atoms with van der Waals surface area (Å²) >= 11 is 7.58. The average Bonchev–Trinajstić information content (AvgIpc) is 2.77. The van der Waals surface area contributed by atoms with Gasteiger partial charge in [0.1, 0.15) is 0 Å². The Bertz CT molecular complexity index is 522. The van der Waals surface area contributed by atoms with Crippen LogP contribution < -0.4 is 5.73 Å². The van der Waals surface area contributed by atoms with E-state index in [2.05, 4.69) is 10.1 Å². The molecule has 1 aromatic heterocycles. The van der Waals surface area contributed by atoms with Crippen LogP contribution in [0.1, 0.15) is 31.5 Å². The smallest absolute Gasteiger partial charge is 0.237 e. The van der Waals surface area contributed by atoms with Gasteiger partial charge in [-0.25, -0.2) is 0 Å². The first-order valence-corrected chi connectivity index (χ1v) is 6.93. The van der Waals surface area contributed by atoms with Crippen molar-refractivity contribution in [2.45, 2.75) is 30.4 Å². The van der Waals surface area contributed by atoms with Crippen molar-refractivity contribution in [1.82, 2.24) is 10.1 Å². The molecule has 0 spiro atoms. The van der Waals surface area contributed by atoms with Crippen molar-refractivity contribution in [3.8, 4) is 0 Å². The summed E-state index contributed by atoms with van der Waals surface area (Å²) in [6.07, 6.45) is 0. The molecule has 0 unspecified atom stereocenters. The molecule has 0 aliphatic heterocycles. The zero-order valence-electron chi connectivity index (χ0n) is 10.2. The Hall–Kier alpha value is -1.20. The van der Waals surface area contributed by atoms with Crippen molar-refractivity contribution in [2.24, 2.45) is 0 Å². The maximum atomic E-state index is 6.08. The third kappa shape index (κ3) is 2.97. The Kier molecular flexibility index (Phi) is 4.14. The number of hydrogen-bond acceptors (Lipinski definition) is 5. The third-order valence-corrected chi connectivity index (χ3v) is 3.90. The van der Waals surface area contributed by atoms with E-state index in [9.17, 15) is 0 Å². The molecule has 0 bridgehead atoms. The molecule has 2 rings (SSSR count). The molecule has 18 heavy (non-hydrogen) atoms. The van der Waals surface area contributed by atoms with Crippen LogP contribution in [0, 0.1) is 0 Å². The second kappa shape index (κ2) is 5.63. The SMILES string of the molecule is CC(C)c1noc(CSc2c(N)cccc2Cl)n1. The number of hydrogen-bond donors (Lipinski definition) is 1. The van der Waals surface area contributed by atoms with Crippen molar-refractivity contribution in [1.29, 1.82) is 0 Å². The van der Waals surface area contributed by atoms with Crippen LogP contribution in [-0.4, -0.2) is 10.1 Å². The second-order valence-corrected chi connectivity index (χ2v) is 5.54. The molecule has 0 aliphatic carbocycles. The van der Waals surface area contributed by atoms with E-state index in [0.29, 0.717) is 22.4 Å². The van der Waals surface area contributed by atoms with Crippen molar-refractivity contribution in [3.63, 3.8) is 0 Å². The van der Waals surface area contributed by atoms with Gasteiger partial charge in [-0.05, 0) is 12.1 Å². The van der Waals surface area contributed by atoms with Crippen LogP contribution in [0.25, 0.3) is 0 Å². The minimum atomic E-state index is 0.262. The van der Waals surface area contributed by atoms with Gasteiger partial charge in [-0.3, -0.25) is 0 Å². The van der Waals surface area contributed by atoms with Crippen molar-refractivity contribution >= 4 is 29.1 Å². The maximum absolute atomic E-state index is 6.08. The summed E-state index contributed by atoms with van der Waals surface area (Å²) in [5.41, 5.74) is 6.53. The molecule has 0 saturated carbocycles. The molecule has 2 aromatic rings. The summed E-state index contributed by atoms with van der Waals surface area (Å²) in [7, 11) is 0. The molecule has 0 amide bonds. The molecule has 6 heteroatoms. The molecule has 1 heterocycles. The van der Waals surface area contributed by atoms with E-state index >= 15 is 0 Å². The molecular formula is C12H14ClN3OS. The Morgan fingerprint density at radius 3 is 2.83 bits per heavy atom. The molecule has 0 aliphatic rings. The number of anilines is 1. The van der Waals surface area contributed by atoms with E-state index in [1.54, 1.807) is 0 Å². The lowest BCUT2D eigenvalue weighted by atomic mass is 10.2. The van der Waals surface area contributed by atoms with Gasteiger partial charge in [0, 0.05) is 16.5 Å². The van der Waals surface area contributed by atoms with Gasteiger partial charge in [0.15, 0.2) is 5.82 Å². The van der Waals surface area contributed by atoms with E-state index in [0.717, 1.165) is 10.7 Å². The average molecular weight is 284 g/mol. The van der Waals surface area contributed by atoms with Gasteiger partial charge in [0.05, 0.1) is 10.8 Å². The van der Waals surface area contributed by atoms with E-state index in [4.69, 9.17) is 21.9 Å². The normalized spacial score (nSPS) is 11.1. The number of nitrogen functional groups attached to an aromatic ring is 1. The zero-order chi connectivity index (χ0) is 13.1. The number of benzene rings is 1. The molecule has 1 aromatic carbocycles. The summed E-state index contributed by atoms with van der Waals surface area (Å²) in [6.45, 7) is 4.04. The van der Waals surface area contributed by atoms with E-state index in [-0.39, 0.29) is 5.92 Å². The van der Waals surface area contributed by atoms with E-state index in [1.165, 1.54) is 11.8 Å². The molecule has 0 fully saturated rings. The fourth-order valence-corrected chi connectivity index (χ4v) is 2.54. The summed E-state index contributed by atoms with van der Waals surface area (Å²) in [5, 5.41) is 4.55. The number of rotatable bonds is 4. The first kappa shape index (κ1) is 13.2. The van der Waals surface area contributed by atoms with Crippen molar-refractivity contribution < 1.29 is 4.52 Å². The first-order chi connectivity index (χ1) is 8.58. The number of nitrogens with zero attached hydrogens (tertiary/aromatic N) is 2. The molecule has 2 N–H and O–H groups in total. The number of nitrogens with two attached hydrogens (primary N) is 1. The molecule has 0 atom stereocenters. The molecule has 96 valence electrons. The predicted molar refractivity (Wildman–Crippen MR) is 73.8 cm³/mol. The highest BCUT2D eigenvalue weighted by atomic mass is 35.5. The van der Waals surface area contributed by atoms with Crippen LogP contribution in [0.15, 0.2) is 27.6 Å². The summed E-state index contributed by atoms with van der Waals surface area (Å²) < 4.78 is 5.16. The highest BCUT2D eigenvalue weighted by molar-refractivity contribution is 7.98. The Morgan fingerprint density at radius 1 is 1.44 bits per heavy atom. The lowest BCUT2D eigenvalue weighted by Gasteiger charge is -2.05. The molecule has 4 nitrogen and oxygen atoms in total. The molecule has 0 saturated heterocycles. The lowest BCUT2D eigenvalue weighted by molar-refractivity contribution is 0.383. The lowest BCUT2D eigenvalue weighted by Crippen LogP contribution is -1.91. The summed E-state index contributed by atoms with van der Waals surface area (Å²) in [6, 6.07) is 5.46. The second-order valence-electron chi connectivity index (χ2n) is 4.15. The summed E-state index contributed by atoms with van der Waals surface area (Å²) in [5.74, 6) is 2.13. The maximum Gasteiger partial charge on any atom is 0.237 e. The van der Waals surface area contributed by atoms with Crippen LogP contribution in [-0.2, 0) is 5.75 Å². The van der Waals surface area contributed by atoms with Crippen LogP contribution in [0.2, 0.25) is 5.02 Å². The Balaban J connectivity index is 2.07. The van der Waals surface area contributed by atoms with Gasteiger partial charge >= 0.3 is 0 Å². The zero-order valence-corrected chi connectivity index (χ0v) is 11.8. The molecule has 0 radical (unpaired) electrons. The standard InChI is InChI=1S/C12H14ClN3OS/c1-7(2)12-15-10(17-16-12)6-18-11-8(13)4-3-5-9(11)14/h3-5,7H,6,14H2,1-2H3. The van der Waals surface area contributed by atoms with Gasteiger partial charge in [0.2, 0.25) is 5.89 Å². The van der Waals surface area contributed by atoms with Crippen LogP contribution in [0.4, 0.5) is 5.69 Å². The van der Waals surface area contributed by atoms with E-state index < -0.39 is 0 Å². The van der Waals surface area contributed by atoms with Gasteiger partial charge in [-0.2, -0.15) is 4.98 Å². The largest absolute Gasteiger partial charge is 0.398 e. The number of thioether (sulfide) groups is 1. The first-order valence-electron chi connectivity index (χ1n) is 5.57. The highest BCUT2D eigenvalue weighted by Crippen LogP contribution is 2.34. The fourth-order valence-electron chi connectivity index (χ4n) is 1.37. The summed E-state index contributed by atoms with van der Waals surface area (Å²) in [4.78, 5) is 5.15. The van der Waals surface area contributed by atoms with Gasteiger partial charge in [0.25, 0.3) is 0 Å².